The monoisotopic (exact) mass is 435 g/mol. The van der Waals surface area contributed by atoms with Gasteiger partial charge in [-0.3, -0.25) is 9.13 Å². The van der Waals surface area contributed by atoms with Crippen LogP contribution in [-0.2, 0) is 0 Å². The number of nitriles is 1. The van der Waals surface area contributed by atoms with Crippen LogP contribution in [0.25, 0.3) is 55.5 Å². The first-order valence-electron chi connectivity index (χ1n) is 11.1. The molecule has 7 rings (SSSR count). The van der Waals surface area contributed by atoms with E-state index in [-0.39, 0.29) is 0 Å². The lowest BCUT2D eigenvalue weighted by atomic mass is 10.2. The van der Waals surface area contributed by atoms with E-state index in [4.69, 9.17) is 9.97 Å². The van der Waals surface area contributed by atoms with Crippen molar-refractivity contribution in [3.63, 3.8) is 0 Å². The minimum Gasteiger partial charge on any atom is -0.292 e. The van der Waals surface area contributed by atoms with E-state index in [1.165, 1.54) is 0 Å². The number of hydrogen-bond donors (Lipinski definition) is 0. The normalized spacial score (nSPS) is 11.5. The second kappa shape index (κ2) is 7.03. The molecule has 0 radical (unpaired) electrons. The summed E-state index contributed by atoms with van der Waals surface area (Å²) < 4.78 is 4.27. The van der Waals surface area contributed by atoms with Gasteiger partial charge in [0, 0.05) is 22.1 Å². The second-order valence-electron chi connectivity index (χ2n) is 8.27. The summed E-state index contributed by atoms with van der Waals surface area (Å²) in [7, 11) is 0. The van der Waals surface area contributed by atoms with Gasteiger partial charge in [-0.1, -0.05) is 60.7 Å². The van der Waals surface area contributed by atoms with Gasteiger partial charge in [-0.2, -0.15) is 5.26 Å². The molecule has 5 nitrogen and oxygen atoms in total. The Labute approximate surface area is 194 Å². The molecule has 0 N–H and O–H groups in total. The number of rotatable bonds is 2. The van der Waals surface area contributed by atoms with Gasteiger partial charge in [0.25, 0.3) is 0 Å². The molecule has 0 spiro atoms. The number of aromatic nitrogens is 4. The van der Waals surface area contributed by atoms with Crippen molar-refractivity contribution in [2.45, 2.75) is 0 Å². The highest BCUT2D eigenvalue weighted by atomic mass is 15.1. The third kappa shape index (κ3) is 2.54. The van der Waals surface area contributed by atoms with E-state index in [0.717, 1.165) is 55.5 Å². The zero-order chi connectivity index (χ0) is 22.6. The van der Waals surface area contributed by atoms with Crippen LogP contribution in [-0.4, -0.2) is 19.1 Å². The van der Waals surface area contributed by atoms with Crippen molar-refractivity contribution in [2.24, 2.45) is 0 Å². The van der Waals surface area contributed by atoms with Gasteiger partial charge in [-0.25, -0.2) is 9.97 Å². The number of para-hydroxylation sites is 3. The van der Waals surface area contributed by atoms with Gasteiger partial charge in [-0.15, -0.1) is 0 Å². The summed E-state index contributed by atoms with van der Waals surface area (Å²) in [6.45, 7) is 0. The Balaban J connectivity index is 1.69. The third-order valence-electron chi connectivity index (χ3n) is 6.33. The Hall–Kier alpha value is -4.95. The van der Waals surface area contributed by atoms with Crippen molar-refractivity contribution >= 4 is 44.1 Å². The summed E-state index contributed by atoms with van der Waals surface area (Å²) in [6, 6.07) is 36.6. The van der Waals surface area contributed by atoms with E-state index in [1.807, 2.05) is 66.7 Å². The highest BCUT2D eigenvalue weighted by Gasteiger charge is 2.20. The van der Waals surface area contributed by atoms with Crippen LogP contribution < -0.4 is 0 Å². The Morgan fingerprint density at radius 2 is 1.12 bits per heavy atom. The topological polar surface area (TPSA) is 59.4 Å². The molecule has 3 heterocycles. The minimum absolute atomic E-state index is 0.607. The Kier molecular flexibility index (Phi) is 3.84. The molecule has 0 atom stereocenters. The zero-order valence-electron chi connectivity index (χ0n) is 18.1. The van der Waals surface area contributed by atoms with Crippen LogP contribution in [0.4, 0.5) is 0 Å². The minimum atomic E-state index is 0.607. The van der Waals surface area contributed by atoms with E-state index in [9.17, 15) is 5.26 Å². The molecule has 0 aliphatic carbocycles. The molecule has 0 fully saturated rings. The lowest BCUT2D eigenvalue weighted by Crippen LogP contribution is -1.99. The smallest absolute Gasteiger partial charge is 0.166 e. The number of hydrogen-bond acceptors (Lipinski definition) is 3. The molecule has 0 amide bonds. The van der Waals surface area contributed by atoms with Crippen LogP contribution in [0.15, 0.2) is 103 Å². The molecular weight excluding hydrogens is 418 g/mol. The summed E-state index contributed by atoms with van der Waals surface area (Å²) >= 11 is 0. The zero-order valence-corrected chi connectivity index (χ0v) is 18.1. The summed E-state index contributed by atoms with van der Waals surface area (Å²) in [5.41, 5.74) is 7.91. The van der Waals surface area contributed by atoms with Gasteiger partial charge in [0.15, 0.2) is 11.3 Å². The van der Waals surface area contributed by atoms with Crippen molar-refractivity contribution in [3.05, 3.63) is 109 Å². The predicted octanol–water partition coefficient (Wildman–Crippen LogP) is 6.54. The average molecular weight is 435 g/mol. The van der Waals surface area contributed by atoms with Crippen LogP contribution in [0, 0.1) is 11.3 Å². The van der Waals surface area contributed by atoms with Crippen LogP contribution in [0.5, 0.6) is 0 Å². The first-order valence-corrected chi connectivity index (χ1v) is 11.1. The molecule has 0 saturated heterocycles. The van der Waals surface area contributed by atoms with Crippen LogP contribution in [0.2, 0.25) is 0 Å². The van der Waals surface area contributed by atoms with E-state index in [2.05, 4.69) is 51.6 Å². The Morgan fingerprint density at radius 3 is 1.76 bits per heavy atom. The second-order valence-corrected chi connectivity index (χ2v) is 8.27. The van der Waals surface area contributed by atoms with Crippen LogP contribution in [0.1, 0.15) is 5.56 Å². The molecule has 0 saturated carbocycles. The maximum Gasteiger partial charge on any atom is 0.166 e. The molecule has 4 aromatic carbocycles. The lowest BCUT2D eigenvalue weighted by Gasteiger charge is -2.09. The SMILES string of the molecule is N#Cc1cccc(-n2c3ccccc3c3nc4c5ccccc5n(-c5ccccc5)c4nc32)c1. The largest absolute Gasteiger partial charge is 0.292 e. The third-order valence-corrected chi connectivity index (χ3v) is 6.33. The summed E-state index contributed by atoms with van der Waals surface area (Å²) in [6.07, 6.45) is 0. The Morgan fingerprint density at radius 1 is 0.559 bits per heavy atom. The van der Waals surface area contributed by atoms with Crippen molar-refractivity contribution in [1.82, 2.24) is 19.1 Å². The molecule has 0 unspecified atom stereocenters. The maximum atomic E-state index is 9.48. The molecule has 34 heavy (non-hydrogen) atoms. The highest BCUT2D eigenvalue weighted by molar-refractivity contribution is 6.12. The molecule has 0 aliphatic rings. The van der Waals surface area contributed by atoms with Crippen molar-refractivity contribution < 1.29 is 0 Å². The van der Waals surface area contributed by atoms with E-state index < -0.39 is 0 Å². The highest BCUT2D eigenvalue weighted by Crippen LogP contribution is 2.35. The van der Waals surface area contributed by atoms with Gasteiger partial charge in [0.2, 0.25) is 0 Å². The molecule has 0 aliphatic heterocycles. The van der Waals surface area contributed by atoms with Gasteiger partial charge >= 0.3 is 0 Å². The fourth-order valence-electron chi connectivity index (χ4n) is 4.87. The quantitative estimate of drug-likeness (QED) is 0.310. The van der Waals surface area contributed by atoms with Crippen molar-refractivity contribution in [2.75, 3.05) is 0 Å². The summed E-state index contributed by atoms with van der Waals surface area (Å²) in [5, 5.41) is 11.6. The van der Waals surface area contributed by atoms with Gasteiger partial charge < -0.3 is 0 Å². The van der Waals surface area contributed by atoms with Crippen LogP contribution >= 0.6 is 0 Å². The van der Waals surface area contributed by atoms with E-state index in [0.29, 0.717) is 5.56 Å². The van der Waals surface area contributed by atoms with Gasteiger partial charge in [0.05, 0.1) is 22.7 Å². The predicted molar refractivity (Wildman–Crippen MR) is 135 cm³/mol. The number of fused-ring (bicyclic) bond motifs is 6. The van der Waals surface area contributed by atoms with Crippen molar-refractivity contribution in [3.8, 4) is 17.4 Å². The maximum absolute atomic E-state index is 9.48. The first-order chi connectivity index (χ1) is 16.8. The average Bonchev–Trinajstić information content (AvgIpc) is 3.40. The number of nitrogens with zero attached hydrogens (tertiary/aromatic N) is 5. The molecule has 7 aromatic rings. The Bertz CT molecular complexity index is 1920. The van der Waals surface area contributed by atoms with Crippen LogP contribution in [0.3, 0.4) is 0 Å². The number of benzene rings is 4. The first kappa shape index (κ1) is 18.6. The molecule has 158 valence electrons. The fourth-order valence-corrected chi connectivity index (χ4v) is 4.87. The summed E-state index contributed by atoms with van der Waals surface area (Å²) in [5.74, 6) is 0. The standard InChI is InChI=1S/C29H17N5/c30-18-19-9-8-12-21(17-19)34-25-16-7-5-14-23(25)27-29(34)32-28-26(31-27)22-13-4-6-15-24(22)33(28)20-10-2-1-3-11-20/h1-17H. The fraction of sp³-hybridized carbons (Fsp3) is 0. The lowest BCUT2D eigenvalue weighted by molar-refractivity contribution is 1.10. The van der Waals surface area contributed by atoms with Crippen molar-refractivity contribution in [1.29, 1.82) is 5.26 Å². The molecule has 3 aromatic heterocycles. The van der Waals surface area contributed by atoms with Gasteiger partial charge in [-0.05, 0) is 42.5 Å². The van der Waals surface area contributed by atoms with Gasteiger partial charge in [0.1, 0.15) is 11.0 Å². The molecule has 0 bridgehead atoms. The summed E-state index contributed by atoms with van der Waals surface area (Å²) in [4.78, 5) is 10.4. The van der Waals surface area contributed by atoms with E-state index >= 15 is 0 Å². The molecule has 5 heteroatoms. The van der Waals surface area contributed by atoms with E-state index in [1.54, 1.807) is 0 Å². The molecular formula is C29H17N5.